The molecule has 0 aromatic heterocycles. The summed E-state index contributed by atoms with van der Waals surface area (Å²) in [5, 5.41) is 2.17. The van der Waals surface area contributed by atoms with Crippen molar-refractivity contribution in [3.05, 3.63) is 47.5 Å². The number of carbonyl (C=O) groups is 4. The van der Waals surface area contributed by atoms with Crippen molar-refractivity contribution in [2.75, 3.05) is 0 Å². The third kappa shape index (κ3) is 2.04. The van der Waals surface area contributed by atoms with Gasteiger partial charge in [-0.15, -0.1) is 6.58 Å². The van der Waals surface area contributed by atoms with Crippen LogP contribution in [-0.2, 0) is 16.0 Å². The molecular formula is C16H14N2O4. The van der Waals surface area contributed by atoms with Crippen molar-refractivity contribution in [2.45, 2.75) is 25.3 Å². The number of benzene rings is 1. The molecule has 22 heavy (non-hydrogen) atoms. The van der Waals surface area contributed by atoms with Gasteiger partial charge < -0.3 is 0 Å². The second-order valence-corrected chi connectivity index (χ2v) is 5.28. The number of hydrogen-bond donors (Lipinski definition) is 1. The lowest BCUT2D eigenvalue weighted by atomic mass is 10.0. The number of hydrogen-bond acceptors (Lipinski definition) is 4. The molecule has 1 unspecified atom stereocenters. The molecule has 0 spiro atoms. The second kappa shape index (κ2) is 5.22. The maximum Gasteiger partial charge on any atom is 0.262 e. The Hall–Kier alpha value is -2.76. The minimum absolute atomic E-state index is 0.114. The van der Waals surface area contributed by atoms with Crippen molar-refractivity contribution in [1.82, 2.24) is 10.2 Å². The molecule has 2 aliphatic rings. The number of nitrogens with zero attached hydrogens (tertiary/aromatic N) is 1. The average Bonchev–Trinajstić information content (AvgIpc) is 2.73. The topological polar surface area (TPSA) is 83.6 Å². The van der Waals surface area contributed by atoms with E-state index in [0.29, 0.717) is 23.1 Å². The quantitative estimate of drug-likeness (QED) is 0.661. The van der Waals surface area contributed by atoms with E-state index in [2.05, 4.69) is 11.9 Å². The SMILES string of the molecule is C=CCc1cccc2c1C(=O)N(C1CCC(=O)NC1=O)C2=O. The summed E-state index contributed by atoms with van der Waals surface area (Å²) in [4.78, 5) is 49.3. The van der Waals surface area contributed by atoms with E-state index in [1.54, 1.807) is 24.3 Å². The predicted octanol–water partition coefficient (Wildman–Crippen LogP) is 0.816. The van der Waals surface area contributed by atoms with Gasteiger partial charge in [-0.3, -0.25) is 29.4 Å². The van der Waals surface area contributed by atoms with Crippen LogP contribution in [0.3, 0.4) is 0 Å². The number of imide groups is 2. The van der Waals surface area contributed by atoms with Gasteiger partial charge in [0.05, 0.1) is 11.1 Å². The standard InChI is InChI=1S/C16H14N2O4/c1-2-4-9-5-3-6-10-13(9)16(22)18(15(10)21)11-7-8-12(19)17-14(11)20/h2-3,5-6,11H,1,4,7-8H2,(H,17,19,20). The highest BCUT2D eigenvalue weighted by molar-refractivity contribution is 6.24. The Morgan fingerprint density at radius 2 is 2.00 bits per heavy atom. The molecule has 1 saturated heterocycles. The van der Waals surface area contributed by atoms with Gasteiger partial charge in [-0.2, -0.15) is 0 Å². The van der Waals surface area contributed by atoms with Crippen LogP contribution in [0.4, 0.5) is 0 Å². The molecular weight excluding hydrogens is 284 g/mol. The maximum atomic E-state index is 12.6. The van der Waals surface area contributed by atoms with Gasteiger partial charge in [-0.05, 0) is 24.5 Å². The van der Waals surface area contributed by atoms with Gasteiger partial charge in [-0.25, -0.2) is 0 Å². The highest BCUT2D eigenvalue weighted by Gasteiger charge is 2.45. The first-order valence-corrected chi connectivity index (χ1v) is 6.99. The molecule has 1 aromatic rings. The number of amides is 4. The molecule has 2 heterocycles. The molecule has 1 atom stereocenters. The molecule has 3 rings (SSSR count). The van der Waals surface area contributed by atoms with Gasteiger partial charge in [0.25, 0.3) is 11.8 Å². The van der Waals surface area contributed by atoms with E-state index in [1.807, 2.05) is 0 Å². The van der Waals surface area contributed by atoms with Crippen molar-refractivity contribution in [3.8, 4) is 0 Å². The molecule has 1 N–H and O–H groups in total. The van der Waals surface area contributed by atoms with E-state index in [0.717, 1.165) is 4.90 Å². The lowest BCUT2D eigenvalue weighted by molar-refractivity contribution is -0.136. The van der Waals surface area contributed by atoms with E-state index in [4.69, 9.17) is 0 Å². The number of allylic oxidation sites excluding steroid dienone is 1. The van der Waals surface area contributed by atoms with Gasteiger partial charge >= 0.3 is 0 Å². The number of piperidine rings is 1. The molecule has 1 fully saturated rings. The van der Waals surface area contributed by atoms with Gasteiger partial charge in [0.15, 0.2) is 0 Å². The summed E-state index contributed by atoms with van der Waals surface area (Å²) < 4.78 is 0. The Morgan fingerprint density at radius 3 is 2.68 bits per heavy atom. The summed E-state index contributed by atoms with van der Waals surface area (Å²) in [6, 6.07) is 4.12. The molecule has 0 bridgehead atoms. The summed E-state index contributed by atoms with van der Waals surface area (Å²) in [6.45, 7) is 3.64. The van der Waals surface area contributed by atoms with Crippen LogP contribution in [-0.4, -0.2) is 34.6 Å². The minimum Gasteiger partial charge on any atom is -0.295 e. The Morgan fingerprint density at radius 1 is 1.23 bits per heavy atom. The number of rotatable bonds is 3. The van der Waals surface area contributed by atoms with E-state index in [1.165, 1.54) is 0 Å². The average molecular weight is 298 g/mol. The zero-order valence-electron chi connectivity index (χ0n) is 11.8. The molecule has 6 nitrogen and oxygen atoms in total. The highest BCUT2D eigenvalue weighted by atomic mass is 16.2. The second-order valence-electron chi connectivity index (χ2n) is 5.28. The first-order valence-electron chi connectivity index (χ1n) is 6.99. The van der Waals surface area contributed by atoms with E-state index >= 15 is 0 Å². The summed E-state index contributed by atoms with van der Waals surface area (Å²) in [6.07, 6.45) is 2.39. The maximum absolute atomic E-state index is 12.6. The molecule has 112 valence electrons. The van der Waals surface area contributed by atoms with Gasteiger partial charge in [0.2, 0.25) is 11.8 Å². The van der Waals surface area contributed by atoms with Crippen LogP contribution in [0.15, 0.2) is 30.9 Å². The summed E-state index contributed by atoms with van der Waals surface area (Å²) >= 11 is 0. The summed E-state index contributed by atoms with van der Waals surface area (Å²) in [5.74, 6) is -1.95. The fourth-order valence-electron chi connectivity index (χ4n) is 2.91. The smallest absolute Gasteiger partial charge is 0.262 e. The van der Waals surface area contributed by atoms with E-state index in [9.17, 15) is 19.2 Å². The fraction of sp³-hybridized carbons (Fsp3) is 0.250. The summed E-state index contributed by atoms with van der Waals surface area (Å²) in [5.41, 5.74) is 1.34. The molecule has 4 amide bonds. The Balaban J connectivity index is 2.00. The number of fused-ring (bicyclic) bond motifs is 1. The first-order chi connectivity index (χ1) is 10.5. The fourth-order valence-corrected chi connectivity index (χ4v) is 2.91. The minimum atomic E-state index is -0.929. The van der Waals surface area contributed by atoms with E-state index in [-0.39, 0.29) is 18.7 Å². The van der Waals surface area contributed by atoms with Crippen LogP contribution >= 0.6 is 0 Å². The third-order valence-electron chi connectivity index (χ3n) is 3.92. The van der Waals surface area contributed by atoms with Crippen molar-refractivity contribution in [3.63, 3.8) is 0 Å². The monoisotopic (exact) mass is 298 g/mol. The first kappa shape index (κ1) is 14.2. The Kier molecular flexibility index (Phi) is 3.36. The highest BCUT2D eigenvalue weighted by Crippen LogP contribution is 2.30. The van der Waals surface area contributed by atoms with Gasteiger partial charge in [0.1, 0.15) is 6.04 Å². The lowest BCUT2D eigenvalue weighted by Gasteiger charge is -2.27. The third-order valence-corrected chi connectivity index (χ3v) is 3.92. The van der Waals surface area contributed by atoms with Crippen LogP contribution in [0.2, 0.25) is 0 Å². The van der Waals surface area contributed by atoms with Crippen molar-refractivity contribution >= 4 is 23.6 Å². The molecule has 0 saturated carbocycles. The lowest BCUT2D eigenvalue weighted by Crippen LogP contribution is -2.54. The predicted molar refractivity (Wildman–Crippen MR) is 77.0 cm³/mol. The summed E-state index contributed by atoms with van der Waals surface area (Å²) in [7, 11) is 0. The van der Waals surface area contributed by atoms with Crippen LogP contribution in [0.5, 0.6) is 0 Å². The molecule has 0 aliphatic carbocycles. The molecule has 2 aliphatic heterocycles. The Labute approximate surface area is 126 Å². The van der Waals surface area contributed by atoms with Crippen LogP contribution in [0.1, 0.15) is 39.1 Å². The zero-order chi connectivity index (χ0) is 15.9. The van der Waals surface area contributed by atoms with Crippen molar-refractivity contribution in [1.29, 1.82) is 0 Å². The Bertz CT molecular complexity index is 723. The van der Waals surface area contributed by atoms with Crippen LogP contribution < -0.4 is 5.32 Å². The largest absolute Gasteiger partial charge is 0.295 e. The van der Waals surface area contributed by atoms with Crippen molar-refractivity contribution in [2.24, 2.45) is 0 Å². The number of nitrogens with one attached hydrogen (secondary N) is 1. The molecule has 6 heteroatoms. The van der Waals surface area contributed by atoms with Gasteiger partial charge in [0, 0.05) is 6.42 Å². The van der Waals surface area contributed by atoms with Crippen LogP contribution in [0, 0.1) is 0 Å². The van der Waals surface area contributed by atoms with Gasteiger partial charge in [-0.1, -0.05) is 18.2 Å². The number of carbonyl (C=O) groups excluding carboxylic acids is 4. The molecule has 1 aromatic carbocycles. The normalized spacial score (nSPS) is 20.9. The van der Waals surface area contributed by atoms with Crippen LogP contribution in [0.25, 0.3) is 0 Å². The zero-order valence-corrected chi connectivity index (χ0v) is 11.8. The molecule has 0 radical (unpaired) electrons. The van der Waals surface area contributed by atoms with E-state index < -0.39 is 23.8 Å². The van der Waals surface area contributed by atoms with Crippen molar-refractivity contribution < 1.29 is 19.2 Å².